The highest BCUT2D eigenvalue weighted by molar-refractivity contribution is 7.89. The van der Waals surface area contributed by atoms with Gasteiger partial charge in [0.15, 0.2) is 5.76 Å². The van der Waals surface area contributed by atoms with Crippen molar-refractivity contribution in [2.24, 2.45) is 5.73 Å². The van der Waals surface area contributed by atoms with Crippen LogP contribution in [0.5, 0.6) is 5.75 Å². The zero-order chi connectivity index (χ0) is 15.5. The van der Waals surface area contributed by atoms with E-state index in [1.165, 1.54) is 13.2 Å². The zero-order valence-corrected chi connectivity index (χ0v) is 12.6. The van der Waals surface area contributed by atoms with Crippen LogP contribution in [0, 0.1) is 6.92 Å². The van der Waals surface area contributed by atoms with E-state index in [2.05, 4.69) is 9.88 Å². The summed E-state index contributed by atoms with van der Waals surface area (Å²) in [6.45, 7) is 2.09. The highest BCUT2D eigenvalue weighted by atomic mass is 32.2. The summed E-state index contributed by atoms with van der Waals surface area (Å²) in [7, 11) is -2.31. The van der Waals surface area contributed by atoms with E-state index in [0.717, 1.165) is 5.56 Å². The number of ether oxygens (including phenoxy) is 1. The number of nitrogens with zero attached hydrogens (tertiary/aromatic N) is 1. The van der Waals surface area contributed by atoms with Gasteiger partial charge in [-0.05, 0) is 24.6 Å². The van der Waals surface area contributed by atoms with Gasteiger partial charge in [0, 0.05) is 12.6 Å². The maximum absolute atomic E-state index is 12.3. The molecule has 21 heavy (non-hydrogen) atoms. The second-order valence-electron chi connectivity index (χ2n) is 4.45. The van der Waals surface area contributed by atoms with Gasteiger partial charge in [-0.3, -0.25) is 0 Å². The van der Waals surface area contributed by atoms with Crippen molar-refractivity contribution in [3.8, 4) is 5.75 Å². The minimum Gasteiger partial charge on any atom is -0.495 e. The molecule has 0 aliphatic rings. The van der Waals surface area contributed by atoms with Crippen molar-refractivity contribution >= 4 is 10.0 Å². The summed E-state index contributed by atoms with van der Waals surface area (Å²) in [6, 6.07) is 6.38. The second-order valence-corrected chi connectivity index (χ2v) is 6.18. The van der Waals surface area contributed by atoms with Gasteiger partial charge in [0.1, 0.15) is 10.6 Å². The van der Waals surface area contributed by atoms with E-state index in [-0.39, 0.29) is 17.2 Å². The number of nitrogens with two attached hydrogens (primary N) is 1. The van der Waals surface area contributed by atoms with E-state index in [0.29, 0.717) is 18.0 Å². The lowest BCUT2D eigenvalue weighted by Gasteiger charge is -2.11. The first-order chi connectivity index (χ1) is 9.96. The highest BCUT2D eigenvalue weighted by Gasteiger charge is 2.20. The molecule has 1 aromatic carbocycles. The molecule has 0 amide bonds. The summed E-state index contributed by atoms with van der Waals surface area (Å²) in [5, 5.41) is 3.70. The summed E-state index contributed by atoms with van der Waals surface area (Å²) in [5.74, 6) is 0.688. The molecule has 114 valence electrons. The Morgan fingerprint density at radius 3 is 2.71 bits per heavy atom. The molecule has 0 fully saturated rings. The molecule has 0 bridgehead atoms. The molecule has 0 radical (unpaired) electrons. The molecule has 8 heteroatoms. The normalized spacial score (nSPS) is 11.6. The van der Waals surface area contributed by atoms with Crippen LogP contribution in [-0.2, 0) is 23.1 Å². The predicted octanol–water partition coefficient (Wildman–Crippen LogP) is 0.929. The maximum Gasteiger partial charge on any atom is 0.244 e. The van der Waals surface area contributed by atoms with E-state index < -0.39 is 10.0 Å². The largest absolute Gasteiger partial charge is 0.495 e. The van der Waals surface area contributed by atoms with Gasteiger partial charge in [0.05, 0.1) is 19.3 Å². The van der Waals surface area contributed by atoms with Gasteiger partial charge < -0.3 is 15.0 Å². The average Bonchev–Trinajstić information content (AvgIpc) is 2.90. The maximum atomic E-state index is 12.3. The van der Waals surface area contributed by atoms with E-state index in [1.807, 2.05) is 0 Å². The molecule has 0 aliphatic carbocycles. The number of nitrogens with one attached hydrogen (secondary N) is 1. The third kappa shape index (κ3) is 3.60. The molecule has 0 aliphatic heterocycles. The van der Waals surface area contributed by atoms with Crippen molar-refractivity contribution in [1.29, 1.82) is 0 Å². The van der Waals surface area contributed by atoms with Crippen LogP contribution in [0.1, 0.15) is 17.0 Å². The van der Waals surface area contributed by atoms with Crippen LogP contribution in [0.4, 0.5) is 0 Å². The van der Waals surface area contributed by atoms with Crippen LogP contribution in [0.3, 0.4) is 0 Å². The van der Waals surface area contributed by atoms with Crippen molar-refractivity contribution in [2.75, 3.05) is 7.11 Å². The lowest BCUT2D eigenvalue weighted by molar-refractivity contribution is 0.376. The van der Waals surface area contributed by atoms with Crippen molar-refractivity contribution < 1.29 is 17.7 Å². The van der Waals surface area contributed by atoms with Gasteiger partial charge in [0.2, 0.25) is 10.0 Å². The summed E-state index contributed by atoms with van der Waals surface area (Å²) in [4.78, 5) is 0.0541. The standard InChI is InChI=1S/C13H17N3O4S/c1-9-5-11(20-16-9)8-15-21(17,18)13-4-3-10(7-14)6-12(13)19-2/h3-6,15H,7-8,14H2,1-2H3. The average molecular weight is 311 g/mol. The summed E-state index contributed by atoms with van der Waals surface area (Å²) in [6.07, 6.45) is 0. The van der Waals surface area contributed by atoms with E-state index >= 15 is 0 Å². The molecule has 0 saturated heterocycles. The van der Waals surface area contributed by atoms with E-state index in [4.69, 9.17) is 15.0 Å². The Labute approximate surface area is 123 Å². The van der Waals surface area contributed by atoms with Crippen molar-refractivity contribution in [2.45, 2.75) is 24.9 Å². The van der Waals surface area contributed by atoms with Crippen LogP contribution in [0.15, 0.2) is 33.7 Å². The Balaban J connectivity index is 2.22. The molecule has 0 spiro atoms. The molecule has 2 aromatic rings. The van der Waals surface area contributed by atoms with Gasteiger partial charge in [-0.1, -0.05) is 11.2 Å². The fourth-order valence-electron chi connectivity index (χ4n) is 1.80. The van der Waals surface area contributed by atoms with Gasteiger partial charge in [-0.25, -0.2) is 13.1 Å². The Morgan fingerprint density at radius 2 is 2.14 bits per heavy atom. The minimum absolute atomic E-state index is 0.0188. The number of hydrogen-bond donors (Lipinski definition) is 2. The Bertz CT molecular complexity index is 725. The smallest absolute Gasteiger partial charge is 0.244 e. The van der Waals surface area contributed by atoms with Crippen LogP contribution < -0.4 is 15.2 Å². The van der Waals surface area contributed by atoms with Crippen LogP contribution >= 0.6 is 0 Å². The number of aryl methyl sites for hydroxylation is 1. The van der Waals surface area contributed by atoms with Gasteiger partial charge in [-0.15, -0.1) is 0 Å². The summed E-state index contributed by atoms with van der Waals surface area (Å²) >= 11 is 0. The SMILES string of the molecule is COc1cc(CN)ccc1S(=O)(=O)NCc1cc(C)no1. The Hall–Kier alpha value is -1.90. The third-order valence-electron chi connectivity index (χ3n) is 2.87. The molecule has 7 nitrogen and oxygen atoms in total. The first-order valence-electron chi connectivity index (χ1n) is 6.25. The molecule has 2 rings (SSSR count). The third-order valence-corrected chi connectivity index (χ3v) is 4.31. The lowest BCUT2D eigenvalue weighted by Crippen LogP contribution is -2.23. The van der Waals surface area contributed by atoms with Gasteiger partial charge in [-0.2, -0.15) is 0 Å². The minimum atomic E-state index is -3.72. The van der Waals surface area contributed by atoms with Crippen molar-refractivity contribution in [3.05, 3.63) is 41.3 Å². The Morgan fingerprint density at radius 1 is 1.38 bits per heavy atom. The van der Waals surface area contributed by atoms with Crippen LogP contribution in [0.2, 0.25) is 0 Å². The molecule has 1 heterocycles. The molecule has 0 saturated carbocycles. The number of sulfonamides is 1. The van der Waals surface area contributed by atoms with Gasteiger partial charge in [0.25, 0.3) is 0 Å². The molecule has 3 N–H and O–H groups in total. The fraction of sp³-hybridized carbons (Fsp3) is 0.308. The molecule has 0 unspecified atom stereocenters. The number of benzene rings is 1. The molecule has 1 aromatic heterocycles. The predicted molar refractivity (Wildman–Crippen MR) is 76.2 cm³/mol. The van der Waals surface area contributed by atoms with Crippen LogP contribution in [0.25, 0.3) is 0 Å². The highest BCUT2D eigenvalue weighted by Crippen LogP contribution is 2.25. The molecular formula is C13H17N3O4S. The first kappa shape index (κ1) is 15.5. The van der Waals surface area contributed by atoms with Gasteiger partial charge >= 0.3 is 0 Å². The molecule has 0 atom stereocenters. The number of aromatic nitrogens is 1. The van der Waals surface area contributed by atoms with E-state index in [1.54, 1.807) is 25.1 Å². The quantitative estimate of drug-likeness (QED) is 0.821. The lowest BCUT2D eigenvalue weighted by atomic mass is 10.2. The van der Waals surface area contributed by atoms with Crippen molar-refractivity contribution in [1.82, 2.24) is 9.88 Å². The monoisotopic (exact) mass is 311 g/mol. The molecular weight excluding hydrogens is 294 g/mol. The van der Waals surface area contributed by atoms with E-state index in [9.17, 15) is 8.42 Å². The first-order valence-corrected chi connectivity index (χ1v) is 7.73. The summed E-state index contributed by atoms with van der Waals surface area (Å²) in [5.41, 5.74) is 7.01. The second kappa shape index (κ2) is 6.25. The Kier molecular flexibility index (Phi) is 4.61. The van der Waals surface area contributed by atoms with Crippen LogP contribution in [-0.4, -0.2) is 20.7 Å². The topological polar surface area (TPSA) is 107 Å². The fourth-order valence-corrected chi connectivity index (χ4v) is 2.95. The van der Waals surface area contributed by atoms with Crippen molar-refractivity contribution in [3.63, 3.8) is 0 Å². The zero-order valence-electron chi connectivity index (χ0n) is 11.8. The number of rotatable bonds is 6. The number of hydrogen-bond acceptors (Lipinski definition) is 6. The summed E-state index contributed by atoms with van der Waals surface area (Å²) < 4.78 is 37.1. The number of methoxy groups -OCH3 is 1.